The number of nitrogens with one attached hydrogen (secondary N) is 1. The molecule has 1 saturated heterocycles. The van der Waals surface area contributed by atoms with Gasteiger partial charge in [0.05, 0.1) is 13.2 Å². The maximum atomic E-state index is 12.0. The standard InChI is InChI=1S/C16H20N2O3/c1-21-15(19)8-5-10-17-16(20)14-9-11-18(14)12-13-6-3-2-4-7-13/h2-8,14H,9-12H2,1H3,(H,17,20)/b8-5+. The van der Waals surface area contributed by atoms with Crippen LogP contribution in [-0.4, -0.2) is 43.0 Å². The number of rotatable bonds is 6. The van der Waals surface area contributed by atoms with Crippen LogP contribution in [0.5, 0.6) is 0 Å². The largest absolute Gasteiger partial charge is 0.466 e. The molecule has 1 aromatic carbocycles. The lowest BCUT2D eigenvalue weighted by molar-refractivity contribution is -0.135. The Labute approximate surface area is 124 Å². The zero-order chi connectivity index (χ0) is 15.1. The van der Waals surface area contributed by atoms with Gasteiger partial charge in [-0.2, -0.15) is 0 Å². The summed E-state index contributed by atoms with van der Waals surface area (Å²) in [7, 11) is 1.32. The third-order valence-corrected chi connectivity index (χ3v) is 3.51. The summed E-state index contributed by atoms with van der Waals surface area (Å²) in [6.07, 6.45) is 3.77. The van der Waals surface area contributed by atoms with E-state index in [0.717, 1.165) is 19.5 Å². The van der Waals surface area contributed by atoms with Gasteiger partial charge < -0.3 is 10.1 Å². The van der Waals surface area contributed by atoms with Crippen LogP contribution in [0.3, 0.4) is 0 Å². The van der Waals surface area contributed by atoms with Crippen LogP contribution in [-0.2, 0) is 20.9 Å². The van der Waals surface area contributed by atoms with E-state index in [1.54, 1.807) is 6.08 Å². The molecule has 1 fully saturated rings. The summed E-state index contributed by atoms with van der Waals surface area (Å²) in [6.45, 7) is 2.06. The molecule has 0 aromatic heterocycles. The fourth-order valence-electron chi connectivity index (χ4n) is 2.25. The number of benzene rings is 1. The van der Waals surface area contributed by atoms with Gasteiger partial charge in [0.15, 0.2) is 0 Å². The lowest BCUT2D eigenvalue weighted by Gasteiger charge is -2.39. The molecule has 5 heteroatoms. The van der Waals surface area contributed by atoms with Crippen molar-refractivity contribution in [2.45, 2.75) is 19.0 Å². The number of esters is 1. The summed E-state index contributed by atoms with van der Waals surface area (Å²) in [5, 5.41) is 2.80. The van der Waals surface area contributed by atoms with Crippen molar-refractivity contribution in [3.8, 4) is 0 Å². The second kappa shape index (κ2) is 7.59. The zero-order valence-corrected chi connectivity index (χ0v) is 12.1. The number of amides is 1. The quantitative estimate of drug-likeness (QED) is 0.629. The van der Waals surface area contributed by atoms with Crippen LogP contribution in [0.1, 0.15) is 12.0 Å². The fraction of sp³-hybridized carbons (Fsp3) is 0.375. The fourth-order valence-corrected chi connectivity index (χ4v) is 2.25. The predicted octanol–water partition coefficient (Wildman–Crippen LogP) is 1.11. The van der Waals surface area contributed by atoms with Gasteiger partial charge >= 0.3 is 5.97 Å². The molecule has 1 heterocycles. The van der Waals surface area contributed by atoms with Gasteiger partial charge in [-0.1, -0.05) is 36.4 Å². The van der Waals surface area contributed by atoms with E-state index in [4.69, 9.17) is 0 Å². The summed E-state index contributed by atoms with van der Waals surface area (Å²) in [4.78, 5) is 25.1. The number of likely N-dealkylation sites (tertiary alicyclic amines) is 1. The number of hydrogen-bond donors (Lipinski definition) is 1. The highest BCUT2D eigenvalue weighted by atomic mass is 16.5. The van der Waals surface area contributed by atoms with Crippen molar-refractivity contribution < 1.29 is 14.3 Å². The molecular weight excluding hydrogens is 268 g/mol. The minimum atomic E-state index is -0.418. The van der Waals surface area contributed by atoms with Gasteiger partial charge in [0.1, 0.15) is 0 Å². The molecule has 0 saturated carbocycles. The second-order valence-corrected chi connectivity index (χ2v) is 4.93. The summed E-state index contributed by atoms with van der Waals surface area (Å²) in [5.41, 5.74) is 1.21. The number of methoxy groups -OCH3 is 1. The molecule has 2 rings (SSSR count). The highest BCUT2D eigenvalue weighted by Crippen LogP contribution is 2.20. The molecule has 5 nitrogen and oxygen atoms in total. The van der Waals surface area contributed by atoms with E-state index >= 15 is 0 Å². The molecule has 0 aliphatic carbocycles. The Bertz CT molecular complexity index is 514. The Morgan fingerprint density at radius 2 is 2.14 bits per heavy atom. The van der Waals surface area contributed by atoms with Crippen molar-refractivity contribution in [2.75, 3.05) is 20.2 Å². The molecule has 1 aromatic rings. The van der Waals surface area contributed by atoms with E-state index in [9.17, 15) is 9.59 Å². The number of hydrogen-bond acceptors (Lipinski definition) is 4. The molecule has 1 atom stereocenters. The smallest absolute Gasteiger partial charge is 0.330 e. The van der Waals surface area contributed by atoms with E-state index in [1.807, 2.05) is 18.2 Å². The molecule has 1 N–H and O–H groups in total. The Kier molecular flexibility index (Phi) is 5.51. The molecular formula is C16H20N2O3. The first kappa shape index (κ1) is 15.3. The van der Waals surface area contributed by atoms with Crippen LogP contribution in [0.25, 0.3) is 0 Å². The van der Waals surface area contributed by atoms with E-state index < -0.39 is 5.97 Å². The minimum absolute atomic E-state index is 0.00620. The molecule has 21 heavy (non-hydrogen) atoms. The van der Waals surface area contributed by atoms with Gasteiger partial charge in [-0.05, 0) is 12.0 Å². The lowest BCUT2D eigenvalue weighted by Crippen LogP contribution is -2.55. The van der Waals surface area contributed by atoms with E-state index in [1.165, 1.54) is 18.7 Å². The van der Waals surface area contributed by atoms with Gasteiger partial charge in [0.25, 0.3) is 0 Å². The summed E-state index contributed by atoms with van der Waals surface area (Å²) >= 11 is 0. The molecule has 1 amide bonds. The number of carbonyl (C=O) groups excluding carboxylic acids is 2. The Morgan fingerprint density at radius 3 is 2.76 bits per heavy atom. The summed E-state index contributed by atoms with van der Waals surface area (Å²) < 4.78 is 4.47. The van der Waals surface area contributed by atoms with Crippen LogP contribution in [0.15, 0.2) is 42.5 Å². The minimum Gasteiger partial charge on any atom is -0.466 e. The zero-order valence-electron chi connectivity index (χ0n) is 12.1. The number of nitrogens with zero attached hydrogens (tertiary/aromatic N) is 1. The van der Waals surface area contributed by atoms with E-state index in [0.29, 0.717) is 6.54 Å². The van der Waals surface area contributed by atoms with Crippen molar-refractivity contribution in [2.24, 2.45) is 0 Å². The normalized spacial score (nSPS) is 18.2. The topological polar surface area (TPSA) is 58.6 Å². The van der Waals surface area contributed by atoms with Gasteiger partial charge in [0.2, 0.25) is 5.91 Å². The van der Waals surface area contributed by atoms with Crippen molar-refractivity contribution >= 4 is 11.9 Å². The summed E-state index contributed by atoms with van der Waals surface area (Å²) in [6, 6.07) is 10.0. The lowest BCUT2D eigenvalue weighted by atomic mass is 10.0. The Hall–Kier alpha value is -2.14. The molecule has 1 aliphatic heterocycles. The molecule has 0 spiro atoms. The second-order valence-electron chi connectivity index (χ2n) is 4.93. The number of ether oxygens (including phenoxy) is 1. The highest BCUT2D eigenvalue weighted by Gasteiger charge is 2.33. The van der Waals surface area contributed by atoms with Crippen molar-refractivity contribution in [1.29, 1.82) is 0 Å². The molecule has 0 bridgehead atoms. The van der Waals surface area contributed by atoms with Gasteiger partial charge in [-0.3, -0.25) is 9.69 Å². The van der Waals surface area contributed by atoms with E-state index in [2.05, 4.69) is 27.1 Å². The molecule has 112 valence electrons. The average molecular weight is 288 g/mol. The Balaban J connectivity index is 1.75. The van der Waals surface area contributed by atoms with Crippen molar-refractivity contribution in [3.63, 3.8) is 0 Å². The van der Waals surface area contributed by atoms with E-state index in [-0.39, 0.29) is 11.9 Å². The summed E-state index contributed by atoms with van der Waals surface area (Å²) in [5.74, 6) is -0.412. The first-order valence-electron chi connectivity index (χ1n) is 7.01. The third kappa shape index (κ3) is 4.43. The van der Waals surface area contributed by atoms with Crippen LogP contribution in [0.4, 0.5) is 0 Å². The van der Waals surface area contributed by atoms with Crippen LogP contribution in [0.2, 0.25) is 0 Å². The van der Waals surface area contributed by atoms with Gasteiger partial charge in [0, 0.05) is 25.7 Å². The maximum absolute atomic E-state index is 12.0. The van der Waals surface area contributed by atoms with Gasteiger partial charge in [-0.25, -0.2) is 4.79 Å². The highest BCUT2D eigenvalue weighted by molar-refractivity contribution is 5.83. The predicted molar refractivity (Wildman–Crippen MR) is 79.4 cm³/mol. The first-order chi connectivity index (χ1) is 10.2. The van der Waals surface area contributed by atoms with Crippen molar-refractivity contribution in [1.82, 2.24) is 10.2 Å². The average Bonchev–Trinajstić information content (AvgIpc) is 2.49. The Morgan fingerprint density at radius 1 is 1.38 bits per heavy atom. The SMILES string of the molecule is COC(=O)/C=C/CNC(=O)C1CCN1Cc1ccccc1. The maximum Gasteiger partial charge on any atom is 0.330 e. The van der Waals surface area contributed by atoms with Crippen LogP contribution in [0, 0.1) is 0 Å². The first-order valence-corrected chi connectivity index (χ1v) is 7.01. The van der Waals surface area contributed by atoms with Crippen LogP contribution < -0.4 is 5.32 Å². The molecule has 1 unspecified atom stereocenters. The molecule has 1 aliphatic rings. The monoisotopic (exact) mass is 288 g/mol. The third-order valence-electron chi connectivity index (χ3n) is 3.51. The van der Waals surface area contributed by atoms with Crippen molar-refractivity contribution in [3.05, 3.63) is 48.0 Å². The number of carbonyl (C=O) groups is 2. The van der Waals surface area contributed by atoms with Crippen LogP contribution >= 0.6 is 0 Å². The molecule has 0 radical (unpaired) electrons. The van der Waals surface area contributed by atoms with Gasteiger partial charge in [-0.15, -0.1) is 0 Å².